The molecule has 1 fully saturated rings. The summed E-state index contributed by atoms with van der Waals surface area (Å²) >= 11 is 0. The average Bonchev–Trinajstić information content (AvgIpc) is 2.31. The third kappa shape index (κ3) is 4.57. The van der Waals surface area contributed by atoms with Crippen LogP contribution in [0.1, 0.15) is 33.1 Å². The summed E-state index contributed by atoms with van der Waals surface area (Å²) in [6.07, 6.45) is 3.91. The summed E-state index contributed by atoms with van der Waals surface area (Å²) in [5.74, 6) is 1.61. The summed E-state index contributed by atoms with van der Waals surface area (Å²) < 4.78 is 0. The van der Waals surface area contributed by atoms with Crippen molar-refractivity contribution < 1.29 is 0 Å². The summed E-state index contributed by atoms with van der Waals surface area (Å²) in [5, 5.41) is 0. The number of nitrogens with zero attached hydrogens (tertiary/aromatic N) is 2. The van der Waals surface area contributed by atoms with Crippen LogP contribution in [0, 0.1) is 11.8 Å². The highest BCUT2D eigenvalue weighted by Gasteiger charge is 2.27. The lowest BCUT2D eigenvalue weighted by molar-refractivity contribution is 0.0937. The van der Waals surface area contributed by atoms with Crippen molar-refractivity contribution in [1.82, 2.24) is 9.80 Å². The molecular weight excluding hydrogens is 210 g/mol. The fourth-order valence-electron chi connectivity index (χ4n) is 3.00. The molecule has 0 spiro atoms. The van der Waals surface area contributed by atoms with Crippen molar-refractivity contribution in [3.8, 4) is 0 Å². The molecule has 102 valence electrons. The van der Waals surface area contributed by atoms with Crippen molar-refractivity contribution >= 4 is 0 Å². The Bertz CT molecular complexity index is 198. The first kappa shape index (κ1) is 14.9. The van der Waals surface area contributed by atoms with Crippen LogP contribution < -0.4 is 5.73 Å². The zero-order valence-electron chi connectivity index (χ0n) is 12.2. The predicted octanol–water partition coefficient (Wildman–Crippen LogP) is 1.63. The van der Waals surface area contributed by atoms with Crippen LogP contribution in [-0.4, -0.2) is 56.1 Å². The Morgan fingerprint density at radius 1 is 1.29 bits per heavy atom. The van der Waals surface area contributed by atoms with Crippen LogP contribution in [0.4, 0.5) is 0 Å². The van der Waals surface area contributed by atoms with Gasteiger partial charge >= 0.3 is 0 Å². The van der Waals surface area contributed by atoms with Gasteiger partial charge in [-0.2, -0.15) is 0 Å². The molecule has 1 aliphatic rings. The number of hydrogen-bond donors (Lipinski definition) is 1. The van der Waals surface area contributed by atoms with Gasteiger partial charge in [0.2, 0.25) is 0 Å². The third-order valence-corrected chi connectivity index (χ3v) is 4.28. The van der Waals surface area contributed by atoms with E-state index in [2.05, 4.69) is 37.7 Å². The number of rotatable bonds is 6. The second-order valence-corrected chi connectivity index (χ2v) is 5.93. The van der Waals surface area contributed by atoms with E-state index in [-0.39, 0.29) is 0 Å². The van der Waals surface area contributed by atoms with Gasteiger partial charge in [0, 0.05) is 19.1 Å². The van der Waals surface area contributed by atoms with Crippen molar-refractivity contribution in [2.45, 2.75) is 39.2 Å². The van der Waals surface area contributed by atoms with E-state index in [4.69, 9.17) is 5.73 Å². The second-order valence-electron chi connectivity index (χ2n) is 5.93. The smallest absolute Gasteiger partial charge is 0.0243 e. The normalized spacial score (nSPS) is 22.9. The first-order chi connectivity index (χ1) is 8.08. The van der Waals surface area contributed by atoms with E-state index in [9.17, 15) is 0 Å². The van der Waals surface area contributed by atoms with Crippen LogP contribution >= 0.6 is 0 Å². The first-order valence-electron chi connectivity index (χ1n) is 7.17. The Balaban J connectivity index is 2.39. The van der Waals surface area contributed by atoms with Gasteiger partial charge in [0.15, 0.2) is 0 Å². The summed E-state index contributed by atoms with van der Waals surface area (Å²) in [4.78, 5) is 4.94. The lowest BCUT2D eigenvalue weighted by Crippen LogP contribution is -2.49. The van der Waals surface area contributed by atoms with Gasteiger partial charge in [0.05, 0.1) is 0 Å². The monoisotopic (exact) mass is 241 g/mol. The fourth-order valence-corrected chi connectivity index (χ4v) is 3.00. The third-order valence-electron chi connectivity index (χ3n) is 4.28. The van der Waals surface area contributed by atoms with E-state index in [1.807, 2.05) is 0 Å². The summed E-state index contributed by atoms with van der Waals surface area (Å²) in [7, 11) is 4.35. The number of nitrogens with two attached hydrogens (primary N) is 1. The zero-order chi connectivity index (χ0) is 12.8. The van der Waals surface area contributed by atoms with Crippen molar-refractivity contribution in [3.63, 3.8) is 0 Å². The van der Waals surface area contributed by atoms with Gasteiger partial charge < -0.3 is 10.6 Å². The topological polar surface area (TPSA) is 32.5 Å². The van der Waals surface area contributed by atoms with Crippen LogP contribution in [-0.2, 0) is 0 Å². The Morgan fingerprint density at radius 2 is 1.88 bits per heavy atom. The molecule has 17 heavy (non-hydrogen) atoms. The van der Waals surface area contributed by atoms with E-state index < -0.39 is 0 Å². The molecule has 0 aromatic carbocycles. The van der Waals surface area contributed by atoms with E-state index in [0.717, 1.165) is 18.4 Å². The molecule has 1 heterocycles. The predicted molar refractivity (Wildman–Crippen MR) is 75.1 cm³/mol. The van der Waals surface area contributed by atoms with E-state index in [1.54, 1.807) is 0 Å². The highest BCUT2D eigenvalue weighted by molar-refractivity contribution is 4.82. The molecule has 1 aliphatic heterocycles. The molecule has 0 radical (unpaired) electrons. The van der Waals surface area contributed by atoms with Crippen molar-refractivity contribution in [2.24, 2.45) is 17.6 Å². The molecule has 0 aromatic rings. The summed E-state index contributed by atoms with van der Waals surface area (Å²) in [6.45, 7) is 9.14. The van der Waals surface area contributed by atoms with Crippen LogP contribution in [0.5, 0.6) is 0 Å². The molecule has 0 saturated carbocycles. The maximum Gasteiger partial charge on any atom is 0.0243 e. The van der Waals surface area contributed by atoms with Gasteiger partial charge in [-0.1, -0.05) is 20.3 Å². The Hall–Kier alpha value is -0.120. The van der Waals surface area contributed by atoms with Crippen molar-refractivity contribution in [1.29, 1.82) is 0 Å². The van der Waals surface area contributed by atoms with E-state index in [0.29, 0.717) is 6.04 Å². The number of likely N-dealkylation sites (tertiary alicyclic amines) is 1. The molecule has 2 N–H and O–H groups in total. The van der Waals surface area contributed by atoms with Gasteiger partial charge in [-0.15, -0.1) is 0 Å². The van der Waals surface area contributed by atoms with Gasteiger partial charge in [0.25, 0.3) is 0 Å². The summed E-state index contributed by atoms with van der Waals surface area (Å²) in [5.41, 5.74) is 5.95. The highest BCUT2D eigenvalue weighted by Crippen LogP contribution is 2.23. The molecule has 0 amide bonds. The standard InChI is InChI=1S/C14H31N3/c1-5-12(2)14(10-15)17-8-6-13(7-9-17)11-16(3)4/h12-14H,5-11,15H2,1-4H3. The van der Waals surface area contributed by atoms with Crippen molar-refractivity contribution in [3.05, 3.63) is 0 Å². The molecule has 0 aliphatic carbocycles. The van der Waals surface area contributed by atoms with Crippen LogP contribution in [0.25, 0.3) is 0 Å². The average molecular weight is 241 g/mol. The maximum absolute atomic E-state index is 5.95. The van der Waals surface area contributed by atoms with Crippen LogP contribution in [0.3, 0.4) is 0 Å². The molecule has 0 aromatic heterocycles. The molecular formula is C14H31N3. The minimum absolute atomic E-state index is 0.598. The van der Waals surface area contributed by atoms with E-state index in [1.165, 1.54) is 38.9 Å². The Labute approximate surface area is 107 Å². The fraction of sp³-hybridized carbons (Fsp3) is 1.00. The lowest BCUT2D eigenvalue weighted by atomic mass is 9.91. The summed E-state index contributed by atoms with van der Waals surface area (Å²) in [6, 6.07) is 0.598. The minimum Gasteiger partial charge on any atom is -0.329 e. The van der Waals surface area contributed by atoms with Gasteiger partial charge in [-0.25, -0.2) is 0 Å². The number of piperidine rings is 1. The largest absolute Gasteiger partial charge is 0.329 e. The van der Waals surface area contributed by atoms with Crippen LogP contribution in [0.2, 0.25) is 0 Å². The van der Waals surface area contributed by atoms with Crippen molar-refractivity contribution in [2.75, 3.05) is 40.3 Å². The van der Waals surface area contributed by atoms with Gasteiger partial charge in [-0.05, 0) is 51.9 Å². The number of hydrogen-bond acceptors (Lipinski definition) is 3. The van der Waals surface area contributed by atoms with Crippen LogP contribution in [0.15, 0.2) is 0 Å². The molecule has 3 nitrogen and oxygen atoms in total. The Kier molecular flexibility index (Phi) is 6.45. The Morgan fingerprint density at radius 3 is 2.29 bits per heavy atom. The first-order valence-corrected chi connectivity index (χ1v) is 7.17. The molecule has 3 heteroatoms. The maximum atomic E-state index is 5.95. The van der Waals surface area contributed by atoms with E-state index >= 15 is 0 Å². The van der Waals surface area contributed by atoms with Gasteiger partial charge in [-0.3, -0.25) is 4.90 Å². The zero-order valence-corrected chi connectivity index (χ0v) is 12.2. The quantitative estimate of drug-likeness (QED) is 0.767. The molecule has 0 bridgehead atoms. The minimum atomic E-state index is 0.598. The SMILES string of the molecule is CCC(C)C(CN)N1CCC(CN(C)C)CC1. The molecule has 1 rings (SSSR count). The molecule has 2 atom stereocenters. The second kappa shape index (κ2) is 7.34. The van der Waals surface area contributed by atoms with Gasteiger partial charge in [0.1, 0.15) is 0 Å². The molecule has 1 saturated heterocycles. The highest BCUT2D eigenvalue weighted by atomic mass is 15.2. The lowest BCUT2D eigenvalue weighted by Gasteiger charge is -2.40. The molecule has 2 unspecified atom stereocenters.